The summed E-state index contributed by atoms with van der Waals surface area (Å²) in [5.74, 6) is 9.31. The molecule has 0 aromatic carbocycles. The highest BCUT2D eigenvalue weighted by Gasteiger charge is 2.53. The zero-order chi connectivity index (χ0) is 14.3. The van der Waals surface area contributed by atoms with Crippen molar-refractivity contribution in [3.05, 3.63) is 11.4 Å². The molecule has 0 atom stereocenters. The summed E-state index contributed by atoms with van der Waals surface area (Å²) in [4.78, 5) is 9.14. The predicted octanol–water partition coefficient (Wildman–Crippen LogP) is 2.80. The highest BCUT2D eigenvalue weighted by Crippen LogP contribution is 2.61. The van der Waals surface area contributed by atoms with Crippen LogP contribution in [0.25, 0.3) is 0 Å². The van der Waals surface area contributed by atoms with E-state index in [1.54, 1.807) is 0 Å². The Kier molecular flexibility index (Phi) is 3.32. The van der Waals surface area contributed by atoms with Crippen molar-refractivity contribution in [3.8, 4) is 0 Å². The Balaban J connectivity index is 1.78. The normalized spacial score (nSPS) is 20.1. The van der Waals surface area contributed by atoms with Gasteiger partial charge < -0.3 is 10.7 Å². The maximum Gasteiger partial charge on any atom is 0.148 e. The van der Waals surface area contributed by atoms with Gasteiger partial charge in [0.15, 0.2) is 0 Å². The smallest absolute Gasteiger partial charge is 0.148 e. The number of hydrogen-bond donors (Lipinski definition) is 3. The molecule has 0 spiro atoms. The monoisotopic (exact) mass is 275 g/mol. The number of nitrogens with one attached hydrogen (secondary N) is 2. The van der Waals surface area contributed by atoms with Gasteiger partial charge in [-0.25, -0.2) is 15.8 Å². The fraction of sp³-hybridized carbons (Fsp3) is 0.733. The molecule has 5 heteroatoms. The molecule has 0 bridgehead atoms. The SMILES string of the molecule is Cc1c(NN)nc(C(C)C)nc1NCC1(C2CC2)CC1. The summed E-state index contributed by atoms with van der Waals surface area (Å²) in [6.45, 7) is 7.25. The molecule has 4 N–H and O–H groups in total. The lowest BCUT2D eigenvalue weighted by Crippen LogP contribution is -2.20. The summed E-state index contributed by atoms with van der Waals surface area (Å²) >= 11 is 0. The Morgan fingerprint density at radius 1 is 1.25 bits per heavy atom. The van der Waals surface area contributed by atoms with Gasteiger partial charge in [-0.1, -0.05) is 13.8 Å². The third kappa shape index (κ3) is 2.46. The molecule has 2 saturated carbocycles. The van der Waals surface area contributed by atoms with Crippen LogP contribution < -0.4 is 16.6 Å². The first-order chi connectivity index (χ1) is 9.55. The number of hydrogen-bond acceptors (Lipinski definition) is 5. The standard InChI is InChI=1S/C15H25N5/c1-9(2)12-18-13(10(3)14(19-12)20-16)17-8-15(6-7-15)11-4-5-11/h9,11H,4-8,16H2,1-3H3,(H2,17,18,19,20). The molecule has 0 radical (unpaired) electrons. The molecule has 2 aliphatic rings. The molecule has 20 heavy (non-hydrogen) atoms. The van der Waals surface area contributed by atoms with Crippen molar-refractivity contribution in [1.82, 2.24) is 9.97 Å². The van der Waals surface area contributed by atoms with E-state index in [2.05, 4.69) is 34.6 Å². The molecule has 1 aromatic rings. The number of hydrazine groups is 1. The lowest BCUT2D eigenvalue weighted by atomic mass is 10.0. The van der Waals surface area contributed by atoms with Gasteiger partial charge in [0.25, 0.3) is 0 Å². The van der Waals surface area contributed by atoms with Gasteiger partial charge in [0, 0.05) is 18.0 Å². The number of aromatic nitrogens is 2. The molecule has 110 valence electrons. The van der Waals surface area contributed by atoms with Crippen LogP contribution in [0.4, 0.5) is 11.6 Å². The second kappa shape index (κ2) is 4.88. The molecule has 1 aromatic heterocycles. The van der Waals surface area contributed by atoms with Crippen LogP contribution in [0.15, 0.2) is 0 Å². The van der Waals surface area contributed by atoms with Crippen molar-refractivity contribution < 1.29 is 0 Å². The fourth-order valence-electron chi connectivity index (χ4n) is 2.95. The minimum Gasteiger partial charge on any atom is -0.369 e. The summed E-state index contributed by atoms with van der Waals surface area (Å²) in [6, 6.07) is 0. The number of nitrogen functional groups attached to an aromatic ring is 1. The third-order valence-corrected chi connectivity index (χ3v) is 4.76. The fourth-order valence-corrected chi connectivity index (χ4v) is 2.95. The predicted molar refractivity (Wildman–Crippen MR) is 81.5 cm³/mol. The van der Waals surface area contributed by atoms with Gasteiger partial charge in [-0.2, -0.15) is 0 Å². The number of nitrogens with two attached hydrogens (primary N) is 1. The van der Waals surface area contributed by atoms with Crippen LogP contribution in [-0.2, 0) is 0 Å². The van der Waals surface area contributed by atoms with Gasteiger partial charge in [-0.3, -0.25) is 0 Å². The number of anilines is 2. The Bertz CT molecular complexity index is 503. The van der Waals surface area contributed by atoms with E-state index < -0.39 is 0 Å². The van der Waals surface area contributed by atoms with Gasteiger partial charge in [0.2, 0.25) is 0 Å². The Morgan fingerprint density at radius 3 is 2.40 bits per heavy atom. The van der Waals surface area contributed by atoms with Crippen molar-refractivity contribution in [2.75, 3.05) is 17.3 Å². The van der Waals surface area contributed by atoms with E-state index in [0.29, 0.717) is 11.3 Å². The minimum absolute atomic E-state index is 0.293. The molecule has 5 nitrogen and oxygen atoms in total. The van der Waals surface area contributed by atoms with Crippen LogP contribution in [0.1, 0.15) is 56.8 Å². The highest BCUT2D eigenvalue weighted by molar-refractivity contribution is 5.57. The molecule has 3 rings (SSSR count). The average Bonchev–Trinajstić information content (AvgIpc) is 3.28. The lowest BCUT2D eigenvalue weighted by Gasteiger charge is -2.19. The molecule has 0 amide bonds. The van der Waals surface area contributed by atoms with E-state index in [1.807, 2.05) is 6.92 Å². The largest absolute Gasteiger partial charge is 0.369 e. The van der Waals surface area contributed by atoms with Gasteiger partial charge in [0.1, 0.15) is 17.5 Å². The van der Waals surface area contributed by atoms with Crippen LogP contribution in [0, 0.1) is 18.3 Å². The first-order valence-electron chi connectivity index (χ1n) is 7.65. The number of nitrogens with zero attached hydrogens (tertiary/aromatic N) is 2. The first-order valence-corrected chi connectivity index (χ1v) is 7.65. The summed E-state index contributed by atoms with van der Waals surface area (Å²) in [7, 11) is 0. The van der Waals surface area contributed by atoms with Gasteiger partial charge >= 0.3 is 0 Å². The molecular formula is C15H25N5. The second-order valence-corrected chi connectivity index (χ2v) is 6.69. The van der Waals surface area contributed by atoms with Crippen LogP contribution >= 0.6 is 0 Å². The maximum atomic E-state index is 5.57. The van der Waals surface area contributed by atoms with Crippen molar-refractivity contribution in [2.45, 2.75) is 52.4 Å². The zero-order valence-electron chi connectivity index (χ0n) is 12.7. The Morgan fingerprint density at radius 2 is 1.90 bits per heavy atom. The highest BCUT2D eigenvalue weighted by atomic mass is 15.3. The molecular weight excluding hydrogens is 250 g/mol. The molecule has 2 fully saturated rings. The topological polar surface area (TPSA) is 75.9 Å². The molecule has 1 heterocycles. The van der Waals surface area contributed by atoms with Crippen molar-refractivity contribution in [2.24, 2.45) is 17.2 Å². The van der Waals surface area contributed by atoms with Crippen LogP contribution in [0.2, 0.25) is 0 Å². The quantitative estimate of drug-likeness (QED) is 0.550. The number of rotatable bonds is 6. The van der Waals surface area contributed by atoms with Crippen LogP contribution in [0.3, 0.4) is 0 Å². The van der Waals surface area contributed by atoms with Gasteiger partial charge in [-0.15, -0.1) is 0 Å². The van der Waals surface area contributed by atoms with Crippen molar-refractivity contribution >= 4 is 11.6 Å². The summed E-state index contributed by atoms with van der Waals surface area (Å²) in [5, 5.41) is 3.56. The van der Waals surface area contributed by atoms with E-state index >= 15 is 0 Å². The van der Waals surface area contributed by atoms with E-state index in [0.717, 1.165) is 35.5 Å². The van der Waals surface area contributed by atoms with Crippen LogP contribution in [0.5, 0.6) is 0 Å². The lowest BCUT2D eigenvalue weighted by molar-refractivity contribution is 0.466. The van der Waals surface area contributed by atoms with Gasteiger partial charge in [0.05, 0.1) is 0 Å². The average molecular weight is 275 g/mol. The minimum atomic E-state index is 0.293. The van der Waals surface area contributed by atoms with Crippen molar-refractivity contribution in [3.63, 3.8) is 0 Å². The Labute approximate surface area is 120 Å². The van der Waals surface area contributed by atoms with E-state index in [-0.39, 0.29) is 0 Å². The van der Waals surface area contributed by atoms with Gasteiger partial charge in [-0.05, 0) is 43.9 Å². The van der Waals surface area contributed by atoms with E-state index in [1.165, 1.54) is 25.7 Å². The van der Waals surface area contributed by atoms with E-state index in [4.69, 9.17) is 5.84 Å². The Hall–Kier alpha value is -1.36. The molecule has 2 aliphatic carbocycles. The maximum absolute atomic E-state index is 5.57. The zero-order valence-corrected chi connectivity index (χ0v) is 12.7. The molecule has 0 unspecified atom stereocenters. The van der Waals surface area contributed by atoms with Crippen LogP contribution in [-0.4, -0.2) is 16.5 Å². The third-order valence-electron chi connectivity index (χ3n) is 4.76. The molecule has 0 aliphatic heterocycles. The summed E-state index contributed by atoms with van der Waals surface area (Å²) in [6.07, 6.45) is 5.57. The van der Waals surface area contributed by atoms with Crippen molar-refractivity contribution in [1.29, 1.82) is 0 Å². The summed E-state index contributed by atoms with van der Waals surface area (Å²) in [5.41, 5.74) is 4.25. The first kappa shape index (κ1) is 13.6. The molecule has 0 saturated heterocycles. The summed E-state index contributed by atoms with van der Waals surface area (Å²) < 4.78 is 0. The van der Waals surface area contributed by atoms with E-state index in [9.17, 15) is 0 Å². The second-order valence-electron chi connectivity index (χ2n) is 6.69.